The van der Waals surface area contributed by atoms with Crippen molar-refractivity contribution in [3.8, 4) is 11.5 Å². The van der Waals surface area contributed by atoms with Crippen molar-refractivity contribution in [1.82, 2.24) is 15.3 Å². The maximum Gasteiger partial charge on any atom is 0.437 e. The first-order valence-corrected chi connectivity index (χ1v) is 15.3. The number of aromatic nitrogens is 1. The molecule has 2 atom stereocenters. The Bertz CT molecular complexity index is 1450. The van der Waals surface area contributed by atoms with Crippen LogP contribution in [0.25, 0.3) is 10.9 Å². The van der Waals surface area contributed by atoms with Gasteiger partial charge in [-0.1, -0.05) is 23.0 Å². The zero-order valence-electron chi connectivity index (χ0n) is 23.1. The summed E-state index contributed by atoms with van der Waals surface area (Å²) in [6.07, 6.45) is 3.62. The van der Waals surface area contributed by atoms with E-state index in [2.05, 4.69) is 10.3 Å². The van der Waals surface area contributed by atoms with Crippen LogP contribution in [0.3, 0.4) is 0 Å². The molecule has 2 amide bonds. The number of nitrogens with zero attached hydrogens (tertiary/aromatic N) is 3. The van der Waals surface area contributed by atoms with Gasteiger partial charge in [-0.15, -0.1) is 5.01 Å². The molecule has 0 saturated carbocycles. The smallest absolute Gasteiger partial charge is 0.437 e. The lowest BCUT2D eigenvalue weighted by molar-refractivity contribution is 0.0561. The molecule has 2 aliphatic rings. The van der Waals surface area contributed by atoms with Crippen LogP contribution in [0, 0.1) is 0 Å². The summed E-state index contributed by atoms with van der Waals surface area (Å²) in [5.41, 5.74) is 1.76. The van der Waals surface area contributed by atoms with Gasteiger partial charge in [0, 0.05) is 22.4 Å². The Labute approximate surface area is 234 Å². The first-order valence-electron chi connectivity index (χ1n) is 13.2. The molecule has 0 radical (unpaired) electrons. The number of hydrogen-bond acceptors (Lipinski definition) is 9. The highest BCUT2D eigenvalue weighted by atomic mass is 32.3. The summed E-state index contributed by atoms with van der Waals surface area (Å²) >= 11 is 0. The molecule has 2 aliphatic heterocycles. The van der Waals surface area contributed by atoms with Crippen LogP contribution in [-0.4, -0.2) is 77.9 Å². The van der Waals surface area contributed by atoms with Gasteiger partial charge < -0.3 is 19.5 Å². The highest BCUT2D eigenvalue weighted by Crippen LogP contribution is 2.57. The fourth-order valence-corrected chi connectivity index (χ4v) is 7.57. The van der Waals surface area contributed by atoms with E-state index in [9.17, 15) is 14.4 Å². The lowest BCUT2D eigenvalue weighted by Crippen LogP contribution is -2.60. The average molecular weight is 567 g/mol. The number of anilines is 1. The molecule has 1 N–H and O–H groups in total. The summed E-state index contributed by atoms with van der Waals surface area (Å²) in [6, 6.07) is 14.2. The molecular weight excluding hydrogens is 532 g/mol. The minimum Gasteiger partial charge on any atom is -0.493 e. The minimum atomic E-state index is -2.71. The van der Waals surface area contributed by atoms with Gasteiger partial charge in [-0.25, -0.2) is 4.79 Å². The number of imide groups is 1. The van der Waals surface area contributed by atoms with Crippen LogP contribution in [0.5, 0.6) is 11.5 Å². The summed E-state index contributed by atoms with van der Waals surface area (Å²) in [6.45, 7) is 3.61. The molecule has 3 aromatic rings. The van der Waals surface area contributed by atoms with Crippen LogP contribution in [0.1, 0.15) is 30.1 Å². The SMILES string of the molecule is COc1ccc(C(=O)S2(C)C(=O)N(C(=O)OC3CCNCC3)N(c3ccc4ncccc4c3)CC2C)cc1OC. The van der Waals surface area contributed by atoms with Gasteiger partial charge in [0.15, 0.2) is 11.5 Å². The monoisotopic (exact) mass is 566 g/mol. The van der Waals surface area contributed by atoms with Crippen LogP contribution < -0.4 is 19.8 Å². The van der Waals surface area contributed by atoms with E-state index in [0.29, 0.717) is 35.6 Å². The topological polar surface area (TPSA) is 110 Å². The Balaban J connectivity index is 1.54. The number of nitrogens with one attached hydrogen (secondary N) is 1. The number of ether oxygens (including phenoxy) is 3. The molecule has 2 unspecified atom stereocenters. The Morgan fingerprint density at radius 1 is 1.02 bits per heavy atom. The molecule has 0 aliphatic carbocycles. The zero-order valence-corrected chi connectivity index (χ0v) is 23.9. The number of hydrazine groups is 1. The predicted molar refractivity (Wildman–Crippen MR) is 156 cm³/mol. The third kappa shape index (κ3) is 4.95. The van der Waals surface area contributed by atoms with Gasteiger partial charge in [-0.2, -0.15) is 0 Å². The van der Waals surface area contributed by atoms with Crippen molar-refractivity contribution in [2.75, 3.05) is 45.1 Å². The van der Waals surface area contributed by atoms with Gasteiger partial charge in [-0.3, -0.25) is 19.6 Å². The summed E-state index contributed by atoms with van der Waals surface area (Å²) in [7, 11) is 0.299. The van der Waals surface area contributed by atoms with Crippen LogP contribution in [0.4, 0.5) is 15.3 Å². The average Bonchev–Trinajstić information content (AvgIpc) is 2.99. The largest absolute Gasteiger partial charge is 0.493 e. The molecule has 2 fully saturated rings. The molecule has 1 aromatic heterocycles. The quantitative estimate of drug-likeness (QED) is 0.458. The lowest BCUT2D eigenvalue weighted by Gasteiger charge is -2.50. The number of carbonyl (C=O) groups is 3. The molecule has 11 heteroatoms. The number of piperidine rings is 1. The van der Waals surface area contributed by atoms with Crippen molar-refractivity contribution >= 4 is 43.1 Å². The zero-order chi connectivity index (χ0) is 28.4. The molecule has 0 spiro atoms. The second-order valence-electron chi connectivity index (χ2n) is 10.0. The minimum absolute atomic E-state index is 0.268. The molecule has 10 nitrogen and oxygen atoms in total. The number of hydrogen-bond donors (Lipinski definition) is 1. The fraction of sp³-hybridized carbons (Fsp3) is 0.379. The standard InChI is InChI=1S/C29H34N4O6S/c1-19-18-32(22-8-9-24-20(16-22)6-5-13-31-24)33(28(35)39-23-11-14-30-15-12-23)29(36)40(19,4)27(34)21-7-10-25(37-2)26(17-21)38-3/h5-10,13,16-17,19,23,30H,11-12,14-15,18H2,1-4H3. The second-order valence-corrected chi connectivity index (χ2v) is 13.5. The van der Waals surface area contributed by atoms with Gasteiger partial charge in [0.2, 0.25) is 5.12 Å². The first kappa shape index (κ1) is 27.7. The van der Waals surface area contributed by atoms with Crippen LogP contribution in [0.15, 0.2) is 54.7 Å². The van der Waals surface area contributed by atoms with Crippen molar-refractivity contribution in [1.29, 1.82) is 0 Å². The maximum absolute atomic E-state index is 14.4. The Morgan fingerprint density at radius 3 is 2.50 bits per heavy atom. The molecule has 0 bridgehead atoms. The van der Waals surface area contributed by atoms with Gasteiger partial charge in [0.25, 0.3) is 5.24 Å². The number of benzene rings is 2. The molecule has 2 aromatic carbocycles. The van der Waals surface area contributed by atoms with Crippen LogP contribution >= 0.6 is 10.0 Å². The summed E-state index contributed by atoms with van der Waals surface area (Å²) in [5.74, 6) is 0.868. The number of pyridine rings is 1. The number of amides is 2. The second kappa shape index (κ2) is 11.3. The van der Waals surface area contributed by atoms with Gasteiger partial charge in [0.1, 0.15) is 6.10 Å². The highest BCUT2D eigenvalue weighted by molar-refractivity contribution is 8.55. The Kier molecular flexibility index (Phi) is 7.86. The normalized spacial score (nSPS) is 23.4. The van der Waals surface area contributed by atoms with Crippen molar-refractivity contribution in [3.05, 3.63) is 60.3 Å². The number of carbonyl (C=O) groups excluding carboxylic acids is 3. The number of methoxy groups -OCH3 is 2. The van der Waals surface area contributed by atoms with Crippen LogP contribution in [-0.2, 0) is 4.74 Å². The molecule has 3 heterocycles. The third-order valence-corrected chi connectivity index (χ3v) is 11.3. The van der Waals surface area contributed by atoms with Crippen molar-refractivity contribution in [3.63, 3.8) is 0 Å². The molecule has 5 rings (SSSR count). The van der Waals surface area contributed by atoms with E-state index in [1.807, 2.05) is 37.3 Å². The van der Waals surface area contributed by atoms with Crippen molar-refractivity contribution < 1.29 is 28.6 Å². The van der Waals surface area contributed by atoms with Gasteiger partial charge >= 0.3 is 6.09 Å². The van der Waals surface area contributed by atoms with Crippen LogP contribution in [0.2, 0.25) is 0 Å². The van der Waals surface area contributed by atoms with E-state index in [1.165, 1.54) is 14.2 Å². The van der Waals surface area contributed by atoms with Gasteiger partial charge in [0.05, 0.1) is 32.0 Å². The van der Waals surface area contributed by atoms with E-state index in [0.717, 1.165) is 29.0 Å². The predicted octanol–water partition coefficient (Wildman–Crippen LogP) is 4.96. The Hall–Kier alpha value is -3.83. The Morgan fingerprint density at radius 2 is 1.77 bits per heavy atom. The summed E-state index contributed by atoms with van der Waals surface area (Å²) in [5, 5.41) is 5.55. The number of rotatable bonds is 5. The summed E-state index contributed by atoms with van der Waals surface area (Å²) < 4.78 is 16.6. The highest BCUT2D eigenvalue weighted by Gasteiger charge is 2.52. The van der Waals surface area contributed by atoms with E-state index in [-0.39, 0.29) is 23.0 Å². The fourth-order valence-electron chi connectivity index (χ4n) is 5.12. The van der Waals surface area contributed by atoms with E-state index in [1.54, 1.807) is 35.7 Å². The van der Waals surface area contributed by atoms with E-state index < -0.39 is 21.4 Å². The third-order valence-electron chi connectivity index (χ3n) is 7.63. The van der Waals surface area contributed by atoms with E-state index in [4.69, 9.17) is 14.2 Å². The first-order chi connectivity index (χ1) is 19.3. The number of fused-ring (bicyclic) bond motifs is 1. The molecule has 212 valence electrons. The molecule has 2 saturated heterocycles. The maximum atomic E-state index is 14.4. The van der Waals surface area contributed by atoms with Crippen molar-refractivity contribution in [2.24, 2.45) is 0 Å². The van der Waals surface area contributed by atoms with Crippen molar-refractivity contribution in [2.45, 2.75) is 31.1 Å². The van der Waals surface area contributed by atoms with Gasteiger partial charge in [-0.05, 0) is 74.7 Å². The van der Waals surface area contributed by atoms with E-state index >= 15 is 0 Å². The molecular formula is C29H34N4O6S. The molecule has 40 heavy (non-hydrogen) atoms. The lowest BCUT2D eigenvalue weighted by atomic mass is 10.1. The summed E-state index contributed by atoms with van der Waals surface area (Å²) in [4.78, 5) is 46.6.